The first-order valence-corrected chi connectivity index (χ1v) is 10.6. The van der Waals surface area contributed by atoms with Crippen molar-refractivity contribution in [3.05, 3.63) is 46.2 Å². The van der Waals surface area contributed by atoms with Gasteiger partial charge in [0.2, 0.25) is 11.9 Å². The SMILES string of the molecule is CN1CCn2c1nc1sc(N3CCC[C@@H]3C(=O)NCc3ccccc3)nc1c2=O. The molecule has 0 radical (unpaired) electrons. The summed E-state index contributed by atoms with van der Waals surface area (Å²) < 4.78 is 1.68. The summed E-state index contributed by atoms with van der Waals surface area (Å²) in [5.41, 5.74) is 1.38. The van der Waals surface area contributed by atoms with E-state index in [1.54, 1.807) is 4.57 Å². The van der Waals surface area contributed by atoms with Crippen LogP contribution in [-0.4, -0.2) is 46.6 Å². The summed E-state index contributed by atoms with van der Waals surface area (Å²) >= 11 is 1.40. The minimum Gasteiger partial charge on any atom is -0.350 e. The van der Waals surface area contributed by atoms with Gasteiger partial charge in [0.25, 0.3) is 5.56 Å². The minimum absolute atomic E-state index is 0.00230. The molecule has 0 bridgehead atoms. The predicted octanol–water partition coefficient (Wildman–Crippen LogP) is 1.59. The molecule has 0 aliphatic carbocycles. The molecule has 2 aliphatic rings. The fraction of sp³-hybridized carbons (Fsp3) is 0.400. The van der Waals surface area contributed by atoms with Gasteiger partial charge in [-0.25, -0.2) is 9.97 Å². The molecule has 9 heteroatoms. The van der Waals surface area contributed by atoms with Gasteiger partial charge in [-0.05, 0) is 18.4 Å². The highest BCUT2D eigenvalue weighted by molar-refractivity contribution is 7.21. The van der Waals surface area contributed by atoms with E-state index in [-0.39, 0.29) is 17.5 Å². The zero-order chi connectivity index (χ0) is 20.0. The van der Waals surface area contributed by atoms with Crippen molar-refractivity contribution in [3.8, 4) is 0 Å². The largest absolute Gasteiger partial charge is 0.350 e. The molecule has 1 atom stereocenters. The lowest BCUT2D eigenvalue weighted by atomic mass is 10.2. The number of fused-ring (bicyclic) bond motifs is 2. The van der Waals surface area contributed by atoms with Crippen molar-refractivity contribution in [2.75, 3.05) is 29.9 Å². The van der Waals surface area contributed by atoms with Gasteiger partial charge in [-0.2, -0.15) is 0 Å². The van der Waals surface area contributed by atoms with Crippen LogP contribution in [0.1, 0.15) is 18.4 Å². The standard InChI is InChI=1S/C20H22N6O2S/c1-24-10-11-26-18(28)15-17(23-19(24)26)29-20(22-15)25-9-5-8-14(25)16(27)21-12-13-6-3-2-4-7-13/h2-4,6-7,14H,5,8-12H2,1H3,(H,21,27)/t14-/m1/s1. The van der Waals surface area contributed by atoms with Crippen LogP contribution < -0.4 is 20.7 Å². The Balaban J connectivity index is 1.39. The van der Waals surface area contributed by atoms with Crippen molar-refractivity contribution in [3.63, 3.8) is 0 Å². The Kier molecular flexibility index (Phi) is 4.46. The molecule has 150 valence electrons. The van der Waals surface area contributed by atoms with Crippen molar-refractivity contribution in [1.82, 2.24) is 19.9 Å². The van der Waals surface area contributed by atoms with Gasteiger partial charge < -0.3 is 15.1 Å². The van der Waals surface area contributed by atoms with Crippen LogP contribution >= 0.6 is 11.3 Å². The van der Waals surface area contributed by atoms with E-state index in [0.29, 0.717) is 34.5 Å². The number of carbonyl (C=O) groups excluding carboxylic acids is 1. The summed E-state index contributed by atoms with van der Waals surface area (Å²) in [7, 11) is 1.94. The second-order valence-corrected chi connectivity index (χ2v) is 8.45. The highest BCUT2D eigenvalue weighted by Gasteiger charge is 2.33. The van der Waals surface area contributed by atoms with Crippen LogP contribution in [0.3, 0.4) is 0 Å². The molecular formula is C20H22N6O2S. The number of hydrogen-bond donors (Lipinski definition) is 1. The van der Waals surface area contributed by atoms with E-state index in [4.69, 9.17) is 0 Å². The Morgan fingerprint density at radius 3 is 2.86 bits per heavy atom. The average Bonchev–Trinajstić information content (AvgIpc) is 3.46. The summed E-state index contributed by atoms with van der Waals surface area (Å²) in [4.78, 5) is 39.5. The zero-order valence-corrected chi connectivity index (χ0v) is 17.0. The number of amides is 1. The third kappa shape index (κ3) is 3.15. The molecule has 1 fully saturated rings. The molecule has 4 heterocycles. The van der Waals surface area contributed by atoms with Crippen LogP contribution in [0, 0.1) is 0 Å². The number of likely N-dealkylation sites (N-methyl/N-ethyl adjacent to an activating group) is 1. The van der Waals surface area contributed by atoms with Crippen molar-refractivity contribution >= 4 is 38.7 Å². The number of nitrogens with one attached hydrogen (secondary N) is 1. The van der Waals surface area contributed by atoms with Gasteiger partial charge in [-0.15, -0.1) is 0 Å². The number of carbonyl (C=O) groups is 1. The van der Waals surface area contributed by atoms with E-state index < -0.39 is 0 Å². The van der Waals surface area contributed by atoms with Crippen LogP contribution in [0.2, 0.25) is 0 Å². The third-order valence-electron chi connectivity index (χ3n) is 5.60. The molecule has 2 aliphatic heterocycles. The van der Waals surface area contributed by atoms with Gasteiger partial charge in [0.05, 0.1) is 0 Å². The van der Waals surface area contributed by atoms with Crippen LogP contribution in [0.4, 0.5) is 11.1 Å². The predicted molar refractivity (Wildman–Crippen MR) is 114 cm³/mol. The Hall–Kier alpha value is -2.94. The lowest BCUT2D eigenvalue weighted by Gasteiger charge is -2.23. The molecule has 1 amide bonds. The summed E-state index contributed by atoms with van der Waals surface area (Å²) in [6, 6.07) is 9.61. The Morgan fingerprint density at radius 2 is 2.03 bits per heavy atom. The summed E-state index contributed by atoms with van der Waals surface area (Å²) in [5, 5.41) is 3.74. The number of thiazole rings is 1. The highest BCUT2D eigenvalue weighted by atomic mass is 32.1. The van der Waals surface area contributed by atoms with Crippen molar-refractivity contribution in [2.45, 2.75) is 32.0 Å². The second-order valence-electron chi connectivity index (χ2n) is 7.50. The van der Waals surface area contributed by atoms with Crippen LogP contribution in [0.25, 0.3) is 10.3 Å². The first-order chi connectivity index (χ1) is 14.1. The minimum atomic E-state index is -0.267. The smallest absolute Gasteiger partial charge is 0.282 e. The Labute approximate surface area is 171 Å². The molecule has 2 aromatic heterocycles. The lowest BCUT2D eigenvalue weighted by Crippen LogP contribution is -2.43. The Bertz CT molecular complexity index is 1130. The van der Waals surface area contributed by atoms with Crippen LogP contribution in [-0.2, 0) is 17.9 Å². The number of benzene rings is 1. The molecule has 0 saturated carbocycles. The van der Waals surface area contributed by atoms with Crippen molar-refractivity contribution in [2.24, 2.45) is 0 Å². The normalized spacial score (nSPS) is 18.4. The molecule has 5 rings (SSSR count). The lowest BCUT2D eigenvalue weighted by molar-refractivity contribution is -0.122. The first kappa shape index (κ1) is 18.1. The maximum Gasteiger partial charge on any atom is 0.282 e. The molecule has 3 aromatic rings. The maximum atomic E-state index is 12.8. The van der Waals surface area contributed by atoms with E-state index >= 15 is 0 Å². The fourth-order valence-corrected chi connectivity index (χ4v) is 5.03. The number of hydrogen-bond acceptors (Lipinski definition) is 7. The molecule has 8 nitrogen and oxygen atoms in total. The van der Waals surface area contributed by atoms with Crippen LogP contribution in [0.15, 0.2) is 35.1 Å². The third-order valence-corrected chi connectivity index (χ3v) is 6.59. The van der Waals surface area contributed by atoms with E-state index in [2.05, 4.69) is 15.3 Å². The zero-order valence-electron chi connectivity index (χ0n) is 16.2. The molecular weight excluding hydrogens is 388 g/mol. The average molecular weight is 411 g/mol. The topological polar surface area (TPSA) is 83.4 Å². The Morgan fingerprint density at radius 1 is 1.21 bits per heavy atom. The summed E-state index contributed by atoms with van der Waals surface area (Å²) in [6.45, 7) is 2.67. The molecule has 1 saturated heterocycles. The number of rotatable bonds is 4. The van der Waals surface area contributed by atoms with Gasteiger partial charge in [-0.1, -0.05) is 41.7 Å². The van der Waals surface area contributed by atoms with Crippen molar-refractivity contribution in [1.29, 1.82) is 0 Å². The first-order valence-electron chi connectivity index (χ1n) is 9.82. The van der Waals surface area contributed by atoms with Gasteiger partial charge in [0.15, 0.2) is 15.5 Å². The number of aromatic nitrogens is 3. The maximum absolute atomic E-state index is 12.8. The van der Waals surface area contributed by atoms with Gasteiger partial charge in [0, 0.05) is 33.2 Å². The number of anilines is 2. The van der Waals surface area contributed by atoms with E-state index in [1.807, 2.05) is 47.2 Å². The van der Waals surface area contributed by atoms with Gasteiger partial charge in [-0.3, -0.25) is 14.2 Å². The molecule has 1 N–H and O–H groups in total. The molecule has 0 unspecified atom stereocenters. The second kappa shape index (κ2) is 7.14. The number of nitrogens with zero attached hydrogens (tertiary/aromatic N) is 5. The summed E-state index contributed by atoms with van der Waals surface area (Å²) in [5.74, 6) is 0.689. The van der Waals surface area contributed by atoms with Gasteiger partial charge >= 0.3 is 0 Å². The fourth-order valence-electron chi connectivity index (χ4n) is 4.02. The molecule has 29 heavy (non-hydrogen) atoms. The van der Waals surface area contributed by atoms with Gasteiger partial charge in [0.1, 0.15) is 6.04 Å². The quantitative estimate of drug-likeness (QED) is 0.703. The van der Waals surface area contributed by atoms with E-state index in [1.165, 1.54) is 11.3 Å². The highest BCUT2D eigenvalue weighted by Crippen LogP contribution is 2.32. The van der Waals surface area contributed by atoms with E-state index in [9.17, 15) is 9.59 Å². The van der Waals surface area contributed by atoms with E-state index in [0.717, 1.165) is 31.5 Å². The van der Waals surface area contributed by atoms with Crippen molar-refractivity contribution < 1.29 is 4.79 Å². The molecule has 0 spiro atoms. The molecule has 1 aromatic carbocycles. The summed E-state index contributed by atoms with van der Waals surface area (Å²) in [6.07, 6.45) is 1.70. The van der Waals surface area contributed by atoms with Crippen LogP contribution in [0.5, 0.6) is 0 Å². The monoisotopic (exact) mass is 410 g/mol.